The summed E-state index contributed by atoms with van der Waals surface area (Å²) >= 11 is 0. The second-order valence-corrected chi connectivity index (χ2v) is 8.29. The van der Waals surface area contributed by atoms with E-state index in [1.165, 1.54) is 5.01 Å². The van der Waals surface area contributed by atoms with Gasteiger partial charge in [-0.25, -0.2) is 15.6 Å². The number of benzene rings is 2. The maximum Gasteiger partial charge on any atom is 0.354 e. The molecule has 9 nitrogen and oxygen atoms in total. The second-order valence-electron chi connectivity index (χ2n) is 8.29. The van der Waals surface area contributed by atoms with E-state index in [9.17, 15) is 9.59 Å². The number of rotatable bonds is 9. The van der Waals surface area contributed by atoms with E-state index in [1.807, 2.05) is 60.7 Å². The van der Waals surface area contributed by atoms with Crippen molar-refractivity contribution < 1.29 is 9.59 Å². The quantitative estimate of drug-likeness (QED) is 0.257. The highest BCUT2D eigenvalue weighted by Gasteiger charge is 2.46. The number of amides is 3. The number of nitrogens with zero attached hydrogens (tertiary/aromatic N) is 5. The van der Waals surface area contributed by atoms with E-state index < -0.39 is 5.54 Å². The minimum absolute atomic E-state index is 0.00821. The van der Waals surface area contributed by atoms with Crippen LogP contribution in [0.5, 0.6) is 0 Å². The van der Waals surface area contributed by atoms with Gasteiger partial charge in [-0.1, -0.05) is 36.4 Å². The lowest BCUT2D eigenvalue weighted by Gasteiger charge is -2.48. The molecule has 0 bridgehead atoms. The number of urea groups is 1. The highest BCUT2D eigenvalue weighted by molar-refractivity contribution is 5.93. The molecule has 0 aromatic heterocycles. The van der Waals surface area contributed by atoms with Crippen LogP contribution >= 0.6 is 0 Å². The summed E-state index contributed by atoms with van der Waals surface area (Å²) in [5, 5.41) is 9.13. The van der Waals surface area contributed by atoms with Crippen LogP contribution in [0.4, 0.5) is 16.2 Å². The van der Waals surface area contributed by atoms with Gasteiger partial charge in [-0.3, -0.25) is 9.80 Å². The summed E-state index contributed by atoms with van der Waals surface area (Å²) in [4.78, 5) is 30.2. The minimum atomic E-state index is -0.740. The molecule has 1 fully saturated rings. The predicted molar refractivity (Wildman–Crippen MR) is 136 cm³/mol. The summed E-state index contributed by atoms with van der Waals surface area (Å²) < 4.78 is 0. The van der Waals surface area contributed by atoms with Gasteiger partial charge in [0.05, 0.1) is 6.54 Å². The molecule has 182 valence electrons. The minimum Gasteiger partial charge on any atom is -0.357 e. The van der Waals surface area contributed by atoms with E-state index in [2.05, 4.69) is 26.9 Å². The molecular weight excluding hydrogens is 430 g/mol. The number of hydrogen-bond donors (Lipinski definition) is 2. The monoisotopic (exact) mass is 465 g/mol. The van der Waals surface area contributed by atoms with Crippen LogP contribution in [0.1, 0.15) is 19.8 Å². The molecule has 3 amide bonds. The van der Waals surface area contributed by atoms with Gasteiger partial charge < -0.3 is 15.1 Å². The first kappa shape index (κ1) is 25.2. The molecule has 1 saturated heterocycles. The summed E-state index contributed by atoms with van der Waals surface area (Å²) in [5.41, 5.74) is 1.21. The number of carbonyl (C=O) groups is 2. The Morgan fingerprint density at radius 1 is 1.06 bits per heavy atom. The standard InChI is InChI=1S/C25H35N7O2/c1-4-30(26)24(34)31(28-3)20-19-29-17-15-25(16-18-29,23(33)27-2)32(21-11-7-5-8-12-21)22-13-9-6-10-14-22/h5-14H,3-4,15-20,26H2,1-2H3,(H,27,33). The smallest absolute Gasteiger partial charge is 0.354 e. The number of likely N-dealkylation sites (tertiary alicyclic amines) is 1. The zero-order chi connectivity index (χ0) is 24.6. The zero-order valence-corrected chi connectivity index (χ0v) is 20.1. The lowest BCUT2D eigenvalue weighted by Crippen LogP contribution is -2.62. The Labute approximate surface area is 201 Å². The third-order valence-corrected chi connectivity index (χ3v) is 6.40. The number of piperidine rings is 1. The topological polar surface area (TPSA) is 97.5 Å². The summed E-state index contributed by atoms with van der Waals surface area (Å²) in [6.45, 7) is 8.08. The molecule has 1 aliphatic rings. The molecule has 1 aliphatic heterocycles. The van der Waals surface area contributed by atoms with Crippen molar-refractivity contribution in [1.82, 2.24) is 20.2 Å². The molecule has 0 radical (unpaired) electrons. The molecular formula is C25H35N7O2. The van der Waals surface area contributed by atoms with Gasteiger partial charge in [-0.05, 0) is 44.0 Å². The number of hydrogen-bond acceptors (Lipinski definition) is 6. The van der Waals surface area contributed by atoms with Crippen LogP contribution < -0.4 is 16.1 Å². The van der Waals surface area contributed by atoms with Gasteiger partial charge in [-0.2, -0.15) is 5.10 Å². The fraction of sp³-hybridized carbons (Fsp3) is 0.400. The zero-order valence-electron chi connectivity index (χ0n) is 20.1. The summed E-state index contributed by atoms with van der Waals surface area (Å²) in [6.07, 6.45) is 1.26. The van der Waals surface area contributed by atoms with E-state index in [1.54, 1.807) is 14.0 Å². The SMILES string of the molecule is C=NN(CCN1CCC(C(=O)NC)(N(c2ccccc2)c2ccccc2)CC1)C(=O)N(N)CC. The first-order chi connectivity index (χ1) is 16.5. The molecule has 0 aliphatic carbocycles. The summed E-state index contributed by atoms with van der Waals surface area (Å²) in [7, 11) is 1.69. The van der Waals surface area contributed by atoms with Gasteiger partial charge in [0, 0.05) is 51.3 Å². The van der Waals surface area contributed by atoms with Crippen LogP contribution in [0.2, 0.25) is 0 Å². The molecule has 0 unspecified atom stereocenters. The largest absolute Gasteiger partial charge is 0.357 e. The van der Waals surface area contributed by atoms with Gasteiger partial charge in [0.1, 0.15) is 5.54 Å². The molecule has 3 N–H and O–H groups in total. The first-order valence-electron chi connectivity index (χ1n) is 11.6. The fourth-order valence-corrected chi connectivity index (χ4v) is 4.48. The molecule has 0 spiro atoms. The Morgan fingerprint density at radius 3 is 2.03 bits per heavy atom. The van der Waals surface area contributed by atoms with Crippen LogP contribution in [0.3, 0.4) is 0 Å². The second kappa shape index (κ2) is 11.6. The number of hydrazine groups is 1. The average Bonchev–Trinajstić information content (AvgIpc) is 2.90. The maximum absolute atomic E-state index is 13.4. The van der Waals surface area contributed by atoms with Gasteiger partial charge >= 0.3 is 6.03 Å². The summed E-state index contributed by atoms with van der Waals surface area (Å²) in [6, 6.07) is 19.7. The van der Waals surface area contributed by atoms with Crippen molar-refractivity contribution in [3.05, 3.63) is 60.7 Å². The molecule has 0 saturated carbocycles. The van der Waals surface area contributed by atoms with Crippen molar-refractivity contribution >= 4 is 30.0 Å². The van der Waals surface area contributed by atoms with E-state index in [0.717, 1.165) is 16.4 Å². The summed E-state index contributed by atoms with van der Waals surface area (Å²) in [5.74, 6) is 5.71. The number of anilines is 2. The van der Waals surface area contributed by atoms with Crippen LogP contribution in [-0.2, 0) is 4.79 Å². The number of nitrogens with two attached hydrogens (primary N) is 1. The van der Waals surface area contributed by atoms with Crippen LogP contribution in [-0.4, -0.2) is 78.9 Å². The lowest BCUT2D eigenvalue weighted by atomic mass is 9.83. The van der Waals surface area contributed by atoms with E-state index in [-0.39, 0.29) is 11.9 Å². The van der Waals surface area contributed by atoms with Gasteiger partial charge in [0.15, 0.2) is 0 Å². The van der Waals surface area contributed by atoms with Gasteiger partial charge in [0.2, 0.25) is 5.91 Å². The third kappa shape index (κ3) is 5.37. The van der Waals surface area contributed by atoms with Crippen molar-refractivity contribution in [3.63, 3.8) is 0 Å². The molecule has 0 atom stereocenters. The average molecular weight is 466 g/mol. The van der Waals surface area contributed by atoms with Gasteiger partial charge in [-0.15, -0.1) is 0 Å². The van der Waals surface area contributed by atoms with Crippen LogP contribution in [0.25, 0.3) is 0 Å². The molecule has 34 heavy (non-hydrogen) atoms. The molecule has 1 heterocycles. The molecule has 3 rings (SSSR count). The Morgan fingerprint density at radius 2 is 1.59 bits per heavy atom. The van der Waals surface area contributed by atoms with E-state index >= 15 is 0 Å². The van der Waals surface area contributed by atoms with Crippen molar-refractivity contribution in [1.29, 1.82) is 0 Å². The van der Waals surface area contributed by atoms with Crippen molar-refractivity contribution in [2.24, 2.45) is 10.9 Å². The number of nitrogens with one attached hydrogen (secondary N) is 1. The number of para-hydroxylation sites is 2. The normalized spacial score (nSPS) is 15.3. The maximum atomic E-state index is 13.4. The van der Waals surface area contributed by atoms with E-state index in [0.29, 0.717) is 45.6 Å². The number of hydrazone groups is 1. The fourth-order valence-electron chi connectivity index (χ4n) is 4.48. The van der Waals surface area contributed by atoms with Gasteiger partial charge in [0.25, 0.3) is 0 Å². The van der Waals surface area contributed by atoms with Crippen molar-refractivity contribution in [2.45, 2.75) is 25.3 Å². The Balaban J connectivity index is 1.81. The molecule has 2 aromatic rings. The van der Waals surface area contributed by atoms with E-state index in [4.69, 9.17) is 5.84 Å². The Hall–Kier alpha value is -3.43. The molecule has 2 aromatic carbocycles. The van der Waals surface area contributed by atoms with Crippen LogP contribution in [0.15, 0.2) is 65.8 Å². The number of carbonyl (C=O) groups excluding carboxylic acids is 2. The van der Waals surface area contributed by atoms with Crippen LogP contribution in [0, 0.1) is 0 Å². The Kier molecular flexibility index (Phi) is 8.61. The predicted octanol–water partition coefficient (Wildman–Crippen LogP) is 2.64. The van der Waals surface area contributed by atoms with Crippen molar-refractivity contribution in [2.75, 3.05) is 44.7 Å². The third-order valence-electron chi connectivity index (χ3n) is 6.40. The Bertz CT molecular complexity index is 907. The lowest BCUT2D eigenvalue weighted by molar-refractivity contribution is -0.127. The highest BCUT2D eigenvalue weighted by atomic mass is 16.2. The highest BCUT2D eigenvalue weighted by Crippen LogP contribution is 2.39. The number of likely N-dealkylation sites (N-methyl/N-ethyl adjacent to an activating group) is 1. The first-order valence-corrected chi connectivity index (χ1v) is 11.6. The molecule has 9 heteroatoms. The van der Waals surface area contributed by atoms with Crippen molar-refractivity contribution in [3.8, 4) is 0 Å².